The second kappa shape index (κ2) is 4.18. The van der Waals surface area contributed by atoms with Gasteiger partial charge in [0.05, 0.1) is 6.07 Å². The first-order valence-electron chi connectivity index (χ1n) is 2.83. The lowest BCUT2D eigenvalue weighted by Gasteiger charge is -1.85. The predicted octanol–water partition coefficient (Wildman–Crippen LogP) is 2.15. The van der Waals surface area contributed by atoms with E-state index in [1.54, 1.807) is 4.01 Å². The maximum absolute atomic E-state index is 8.25. The zero-order chi connectivity index (χ0) is 7.23. The molecule has 0 N–H and O–H groups in total. The van der Waals surface area contributed by atoms with Crippen molar-refractivity contribution in [2.75, 3.05) is 0 Å². The quantitative estimate of drug-likeness (QED) is 0.693. The highest BCUT2D eigenvalue weighted by Crippen LogP contribution is 2.08. The van der Waals surface area contributed by atoms with Gasteiger partial charge < -0.3 is 0 Å². The van der Waals surface area contributed by atoms with Crippen molar-refractivity contribution in [3.05, 3.63) is 33.9 Å². The van der Waals surface area contributed by atoms with Crippen LogP contribution in [0, 0.1) is 14.9 Å². The van der Waals surface area contributed by atoms with Gasteiger partial charge in [-0.1, -0.05) is 38.9 Å². The Labute approximate surface area is 70.0 Å². The van der Waals surface area contributed by atoms with Crippen LogP contribution in [0.2, 0.25) is 0 Å². The summed E-state index contributed by atoms with van der Waals surface area (Å²) >= 11 is -0.159. The van der Waals surface area contributed by atoms with Crippen molar-refractivity contribution >= 4 is 24.7 Å². The first-order valence-corrected chi connectivity index (χ1v) is 5.15. The standard InChI is InChI=1S/C8H6IN/c10-7-6-9-8-4-2-1-3-5-8/h1-6H. The number of nitriles is 1. The van der Waals surface area contributed by atoms with E-state index >= 15 is 0 Å². The highest BCUT2D eigenvalue weighted by Gasteiger charge is 1.79. The summed E-state index contributed by atoms with van der Waals surface area (Å²) in [7, 11) is 0. The summed E-state index contributed by atoms with van der Waals surface area (Å²) < 4.78 is 3.00. The molecule has 1 aromatic rings. The van der Waals surface area contributed by atoms with Gasteiger partial charge in [-0.2, -0.15) is 5.26 Å². The van der Waals surface area contributed by atoms with Gasteiger partial charge in [0.15, 0.2) is 0 Å². The molecule has 0 radical (unpaired) electrons. The Bertz CT molecular complexity index is 258. The highest BCUT2D eigenvalue weighted by molar-refractivity contribution is 14.2. The van der Waals surface area contributed by atoms with E-state index in [2.05, 4.69) is 12.1 Å². The van der Waals surface area contributed by atoms with Crippen LogP contribution in [0.5, 0.6) is 0 Å². The van der Waals surface area contributed by atoms with Gasteiger partial charge in [0.1, 0.15) is 0 Å². The average Bonchev–Trinajstić information content (AvgIpc) is 2.03. The summed E-state index contributed by atoms with van der Waals surface area (Å²) in [5.41, 5.74) is 0. The minimum absolute atomic E-state index is 0.159. The molecule has 0 aliphatic rings. The van der Waals surface area contributed by atoms with E-state index in [0.717, 1.165) is 0 Å². The molecule has 0 fully saturated rings. The molecule has 1 rings (SSSR count). The fraction of sp³-hybridized carbons (Fsp3) is 0. The molecule has 0 aromatic heterocycles. The Morgan fingerprint density at radius 2 is 2.00 bits per heavy atom. The maximum atomic E-state index is 8.25. The smallest absolute Gasteiger partial charge is 0.0974 e. The molecule has 0 heterocycles. The fourth-order valence-corrected chi connectivity index (χ4v) is 1.90. The van der Waals surface area contributed by atoms with E-state index in [9.17, 15) is 0 Å². The average molecular weight is 243 g/mol. The SMILES string of the molecule is N#CC=Ic1ccccc1. The summed E-state index contributed by atoms with van der Waals surface area (Å²) in [6.45, 7) is 0. The van der Waals surface area contributed by atoms with Crippen LogP contribution in [0.4, 0.5) is 0 Å². The molecule has 0 aliphatic heterocycles. The third-order valence-corrected chi connectivity index (χ3v) is 2.99. The maximum Gasteiger partial charge on any atom is 0.0974 e. The van der Waals surface area contributed by atoms with Crippen LogP contribution in [0.3, 0.4) is 0 Å². The molecular formula is C8H6IN. The molecule has 0 bridgehead atoms. The third-order valence-electron chi connectivity index (χ3n) is 0.962. The Kier molecular flexibility index (Phi) is 3.10. The second-order valence-electron chi connectivity index (χ2n) is 1.64. The van der Waals surface area contributed by atoms with Gasteiger partial charge in [-0.25, -0.2) is 0 Å². The van der Waals surface area contributed by atoms with E-state index in [4.69, 9.17) is 5.26 Å². The van der Waals surface area contributed by atoms with Gasteiger partial charge in [-0.05, 0) is 12.1 Å². The van der Waals surface area contributed by atoms with Gasteiger partial charge in [0.25, 0.3) is 0 Å². The minimum atomic E-state index is -0.159. The molecule has 0 spiro atoms. The minimum Gasteiger partial charge on any atom is -0.193 e. The summed E-state index contributed by atoms with van der Waals surface area (Å²) in [4.78, 5) is 0. The number of benzene rings is 1. The van der Waals surface area contributed by atoms with Crippen LogP contribution >= 0.6 is 20.7 Å². The van der Waals surface area contributed by atoms with Crippen molar-refractivity contribution in [1.82, 2.24) is 0 Å². The molecule has 0 saturated heterocycles. The molecule has 0 aliphatic carbocycles. The molecule has 0 saturated carbocycles. The first-order chi connectivity index (χ1) is 4.93. The lowest BCUT2D eigenvalue weighted by Crippen LogP contribution is -1.66. The van der Waals surface area contributed by atoms with E-state index in [0.29, 0.717) is 0 Å². The number of halogens is 1. The van der Waals surface area contributed by atoms with Gasteiger partial charge >= 0.3 is 0 Å². The van der Waals surface area contributed by atoms with Gasteiger partial charge in [-0.15, -0.1) is 0 Å². The Hall–Kier alpha value is -0.690. The lowest BCUT2D eigenvalue weighted by molar-refractivity contribution is 1.56. The van der Waals surface area contributed by atoms with E-state index in [1.165, 1.54) is 3.57 Å². The molecule has 50 valence electrons. The zero-order valence-electron chi connectivity index (χ0n) is 5.29. The molecule has 2 heteroatoms. The van der Waals surface area contributed by atoms with Crippen LogP contribution in [-0.2, 0) is 0 Å². The summed E-state index contributed by atoms with van der Waals surface area (Å²) in [5.74, 6) is 0. The Balaban J connectivity index is 2.79. The van der Waals surface area contributed by atoms with Crippen molar-refractivity contribution in [3.8, 4) is 6.07 Å². The van der Waals surface area contributed by atoms with Crippen molar-refractivity contribution in [3.63, 3.8) is 0 Å². The third kappa shape index (κ3) is 2.28. The van der Waals surface area contributed by atoms with Crippen LogP contribution in [0.25, 0.3) is 0 Å². The normalized spacial score (nSPS) is 10.3. The van der Waals surface area contributed by atoms with E-state index in [-0.39, 0.29) is 20.7 Å². The number of hydrogen-bond donors (Lipinski definition) is 0. The predicted molar refractivity (Wildman–Crippen MR) is 50.8 cm³/mol. The molecule has 0 atom stereocenters. The van der Waals surface area contributed by atoms with Crippen LogP contribution in [-0.4, -0.2) is 4.01 Å². The van der Waals surface area contributed by atoms with Crippen molar-refractivity contribution in [1.29, 1.82) is 5.26 Å². The summed E-state index contributed by atoms with van der Waals surface area (Å²) in [5, 5.41) is 8.25. The number of nitrogens with zero attached hydrogens (tertiary/aromatic N) is 1. The van der Waals surface area contributed by atoms with Gasteiger partial charge in [0.2, 0.25) is 0 Å². The number of rotatable bonds is 1. The molecule has 10 heavy (non-hydrogen) atoms. The fourth-order valence-electron chi connectivity index (χ4n) is 0.575. The lowest BCUT2D eigenvalue weighted by atomic mass is 10.4. The van der Waals surface area contributed by atoms with Gasteiger partial charge in [-0.3, -0.25) is 0 Å². The Morgan fingerprint density at radius 1 is 1.30 bits per heavy atom. The zero-order valence-corrected chi connectivity index (χ0v) is 7.45. The van der Waals surface area contributed by atoms with Crippen LogP contribution in [0.15, 0.2) is 30.3 Å². The largest absolute Gasteiger partial charge is 0.193 e. The van der Waals surface area contributed by atoms with Crippen molar-refractivity contribution in [2.24, 2.45) is 0 Å². The topological polar surface area (TPSA) is 23.8 Å². The molecule has 1 nitrogen and oxygen atoms in total. The number of hydrogen-bond acceptors (Lipinski definition) is 1. The molecule has 1 aromatic carbocycles. The molecule has 0 amide bonds. The van der Waals surface area contributed by atoms with Crippen LogP contribution in [0.1, 0.15) is 0 Å². The summed E-state index contributed by atoms with van der Waals surface area (Å²) in [6, 6.07) is 12.1. The van der Waals surface area contributed by atoms with E-state index in [1.807, 2.05) is 24.3 Å². The van der Waals surface area contributed by atoms with Crippen LogP contribution < -0.4 is 0 Å². The monoisotopic (exact) mass is 243 g/mol. The highest BCUT2D eigenvalue weighted by atomic mass is 127. The summed E-state index contributed by atoms with van der Waals surface area (Å²) in [6.07, 6.45) is 0. The first kappa shape index (κ1) is 7.42. The van der Waals surface area contributed by atoms with E-state index < -0.39 is 0 Å². The molecule has 0 unspecified atom stereocenters. The van der Waals surface area contributed by atoms with Crippen molar-refractivity contribution in [2.45, 2.75) is 0 Å². The Morgan fingerprint density at radius 3 is 2.60 bits per heavy atom. The second-order valence-corrected chi connectivity index (χ2v) is 4.13. The van der Waals surface area contributed by atoms with Crippen molar-refractivity contribution < 1.29 is 0 Å². The van der Waals surface area contributed by atoms with Gasteiger partial charge in [0, 0.05) is 7.58 Å². The molecular weight excluding hydrogens is 237 g/mol.